The average Bonchev–Trinajstić information content (AvgIpc) is 2.50. The Kier molecular flexibility index (Phi) is 6.22. The zero-order chi connectivity index (χ0) is 15.9. The predicted molar refractivity (Wildman–Crippen MR) is 104 cm³/mol. The van der Waals surface area contributed by atoms with Crippen LogP contribution in [0.2, 0.25) is 0 Å². The molecule has 0 amide bonds. The number of nitrogens with one attached hydrogen (secondary N) is 1. The van der Waals surface area contributed by atoms with E-state index in [0.717, 1.165) is 21.1 Å². The van der Waals surface area contributed by atoms with Gasteiger partial charge in [0.2, 0.25) is 0 Å². The molecule has 2 rings (SSSR count). The molecule has 3 heteroatoms. The summed E-state index contributed by atoms with van der Waals surface area (Å²) in [4.78, 5) is 0.850. The minimum Gasteiger partial charge on any atom is -0.350 e. The number of thioether (sulfide) groups is 1. The fourth-order valence-electron chi connectivity index (χ4n) is 1.94. The van der Waals surface area contributed by atoms with E-state index in [4.69, 9.17) is 12.2 Å². The van der Waals surface area contributed by atoms with Crippen LogP contribution in [0, 0.1) is 6.92 Å². The van der Waals surface area contributed by atoms with Gasteiger partial charge < -0.3 is 5.32 Å². The molecular weight excluding hydrogens is 306 g/mol. The van der Waals surface area contributed by atoms with Crippen molar-refractivity contribution < 1.29 is 0 Å². The van der Waals surface area contributed by atoms with Gasteiger partial charge in [-0.05, 0) is 30.7 Å². The van der Waals surface area contributed by atoms with Gasteiger partial charge >= 0.3 is 0 Å². The number of rotatable bonds is 6. The third kappa shape index (κ3) is 5.32. The first-order chi connectivity index (χ1) is 10.5. The van der Waals surface area contributed by atoms with Crippen LogP contribution in [0.15, 0.2) is 65.7 Å². The van der Waals surface area contributed by atoms with Crippen molar-refractivity contribution in [2.45, 2.75) is 26.0 Å². The van der Waals surface area contributed by atoms with Crippen molar-refractivity contribution in [3.05, 3.63) is 76.8 Å². The summed E-state index contributed by atoms with van der Waals surface area (Å²) in [5.74, 6) is 0. The highest BCUT2D eigenvalue weighted by atomic mass is 32.2. The first kappa shape index (κ1) is 16.8. The fourth-order valence-corrected chi connectivity index (χ4v) is 3.14. The van der Waals surface area contributed by atoms with Crippen molar-refractivity contribution in [3.63, 3.8) is 0 Å². The van der Waals surface area contributed by atoms with E-state index in [2.05, 4.69) is 56.4 Å². The average molecular weight is 328 g/mol. The summed E-state index contributed by atoms with van der Waals surface area (Å²) in [7, 11) is 0. The molecule has 2 aromatic rings. The molecule has 0 spiro atoms. The largest absolute Gasteiger partial charge is 0.350 e. The SMILES string of the molecule is Cc1ccc(N/C(=C\C(=S)c2ccccc2)SC(C)C)cc1. The van der Waals surface area contributed by atoms with Crippen LogP contribution in [-0.2, 0) is 0 Å². The fraction of sp³-hybridized carbons (Fsp3) is 0.211. The smallest absolute Gasteiger partial charge is 0.0742 e. The van der Waals surface area contributed by atoms with Crippen molar-refractivity contribution in [3.8, 4) is 0 Å². The lowest BCUT2D eigenvalue weighted by Crippen LogP contribution is -2.03. The van der Waals surface area contributed by atoms with Gasteiger partial charge in [0, 0.05) is 15.8 Å². The number of benzene rings is 2. The summed E-state index contributed by atoms with van der Waals surface area (Å²) < 4.78 is 0. The summed E-state index contributed by atoms with van der Waals surface area (Å²) in [5, 5.41) is 5.04. The Balaban J connectivity index is 2.19. The van der Waals surface area contributed by atoms with Gasteiger partial charge in [-0.3, -0.25) is 0 Å². The molecule has 1 N–H and O–H groups in total. The van der Waals surface area contributed by atoms with Crippen LogP contribution >= 0.6 is 24.0 Å². The molecule has 0 aliphatic heterocycles. The van der Waals surface area contributed by atoms with E-state index in [0.29, 0.717) is 5.25 Å². The molecule has 114 valence electrons. The molecule has 0 aliphatic rings. The zero-order valence-electron chi connectivity index (χ0n) is 13.2. The summed E-state index contributed by atoms with van der Waals surface area (Å²) in [6, 6.07) is 18.5. The summed E-state index contributed by atoms with van der Waals surface area (Å²) in [6.45, 7) is 6.45. The van der Waals surface area contributed by atoms with Gasteiger partial charge in [0.1, 0.15) is 0 Å². The van der Waals surface area contributed by atoms with E-state index in [1.165, 1.54) is 5.56 Å². The molecular formula is C19H21NS2. The van der Waals surface area contributed by atoms with E-state index in [1.54, 1.807) is 11.8 Å². The molecule has 0 aliphatic carbocycles. The second kappa shape index (κ2) is 8.16. The topological polar surface area (TPSA) is 12.0 Å². The lowest BCUT2D eigenvalue weighted by molar-refractivity contribution is 1.12. The summed E-state index contributed by atoms with van der Waals surface area (Å²) >= 11 is 7.34. The van der Waals surface area contributed by atoms with E-state index in [-0.39, 0.29) is 0 Å². The predicted octanol–water partition coefficient (Wildman–Crippen LogP) is 5.81. The van der Waals surface area contributed by atoms with Crippen LogP contribution in [0.1, 0.15) is 25.0 Å². The lowest BCUT2D eigenvalue weighted by Gasteiger charge is -2.13. The van der Waals surface area contributed by atoms with Crippen LogP contribution in [0.25, 0.3) is 0 Å². The third-order valence-corrected chi connectivity index (χ3v) is 4.30. The quantitative estimate of drug-likeness (QED) is 0.408. The second-order valence-electron chi connectivity index (χ2n) is 5.40. The zero-order valence-corrected chi connectivity index (χ0v) is 14.8. The first-order valence-electron chi connectivity index (χ1n) is 7.36. The maximum Gasteiger partial charge on any atom is 0.0742 e. The molecule has 0 radical (unpaired) electrons. The Morgan fingerprint density at radius 3 is 2.27 bits per heavy atom. The normalized spacial score (nSPS) is 11.5. The lowest BCUT2D eigenvalue weighted by atomic mass is 10.1. The number of allylic oxidation sites excluding steroid dienone is 1. The highest BCUT2D eigenvalue weighted by molar-refractivity contribution is 8.03. The van der Waals surface area contributed by atoms with Crippen molar-refractivity contribution >= 4 is 34.5 Å². The molecule has 0 fully saturated rings. The maximum absolute atomic E-state index is 5.56. The molecule has 0 heterocycles. The van der Waals surface area contributed by atoms with Gasteiger partial charge in [0.15, 0.2) is 0 Å². The van der Waals surface area contributed by atoms with Gasteiger partial charge in [0.25, 0.3) is 0 Å². The Labute approximate surface area is 142 Å². The minimum absolute atomic E-state index is 0.489. The Morgan fingerprint density at radius 1 is 1.05 bits per heavy atom. The second-order valence-corrected chi connectivity index (χ2v) is 7.45. The number of thiocarbonyl (C=S) groups is 1. The number of aryl methyl sites for hydroxylation is 1. The highest BCUT2D eigenvalue weighted by Gasteiger charge is 2.06. The van der Waals surface area contributed by atoms with Crippen LogP contribution in [-0.4, -0.2) is 10.1 Å². The van der Waals surface area contributed by atoms with Gasteiger partial charge in [0.05, 0.1) is 5.03 Å². The molecule has 22 heavy (non-hydrogen) atoms. The molecule has 0 saturated carbocycles. The number of hydrogen-bond acceptors (Lipinski definition) is 3. The van der Waals surface area contributed by atoms with Gasteiger partial charge in [-0.1, -0.05) is 74.1 Å². The van der Waals surface area contributed by atoms with Crippen LogP contribution < -0.4 is 5.32 Å². The van der Waals surface area contributed by atoms with E-state index >= 15 is 0 Å². The van der Waals surface area contributed by atoms with Crippen LogP contribution in [0.5, 0.6) is 0 Å². The van der Waals surface area contributed by atoms with Gasteiger partial charge in [-0.2, -0.15) is 0 Å². The van der Waals surface area contributed by atoms with E-state index in [9.17, 15) is 0 Å². The standard InChI is InChI=1S/C19H21NS2/c1-14(2)22-19(20-17-11-9-15(3)10-12-17)13-18(21)16-7-5-4-6-8-16/h4-14,20H,1-3H3/b19-13+. The molecule has 0 atom stereocenters. The Morgan fingerprint density at radius 2 is 1.68 bits per heavy atom. The maximum atomic E-state index is 5.56. The molecule has 0 unspecified atom stereocenters. The van der Waals surface area contributed by atoms with Crippen LogP contribution in [0.4, 0.5) is 5.69 Å². The number of hydrogen-bond donors (Lipinski definition) is 1. The molecule has 0 bridgehead atoms. The minimum atomic E-state index is 0.489. The van der Waals surface area contributed by atoms with Crippen molar-refractivity contribution in [1.29, 1.82) is 0 Å². The van der Waals surface area contributed by atoms with Gasteiger partial charge in [-0.25, -0.2) is 0 Å². The summed E-state index contributed by atoms with van der Waals surface area (Å²) in [6.07, 6.45) is 2.05. The number of anilines is 1. The van der Waals surface area contributed by atoms with Gasteiger partial charge in [-0.15, -0.1) is 11.8 Å². The van der Waals surface area contributed by atoms with Crippen molar-refractivity contribution in [2.75, 3.05) is 5.32 Å². The Hall–Kier alpha value is -1.58. The molecule has 0 saturated heterocycles. The molecule has 0 aromatic heterocycles. The highest BCUT2D eigenvalue weighted by Crippen LogP contribution is 2.24. The van der Waals surface area contributed by atoms with E-state index in [1.807, 2.05) is 30.3 Å². The van der Waals surface area contributed by atoms with E-state index < -0.39 is 0 Å². The molecule has 1 nitrogen and oxygen atoms in total. The van der Waals surface area contributed by atoms with Crippen molar-refractivity contribution in [1.82, 2.24) is 0 Å². The van der Waals surface area contributed by atoms with Crippen LogP contribution in [0.3, 0.4) is 0 Å². The first-order valence-corrected chi connectivity index (χ1v) is 8.65. The summed E-state index contributed by atoms with van der Waals surface area (Å²) in [5.41, 5.74) is 3.42. The monoisotopic (exact) mass is 327 g/mol. The third-order valence-electron chi connectivity index (χ3n) is 3.00. The van der Waals surface area contributed by atoms with Crippen molar-refractivity contribution in [2.24, 2.45) is 0 Å². The molecule has 2 aromatic carbocycles. The Bertz CT molecular complexity index is 643.